The van der Waals surface area contributed by atoms with E-state index in [1.54, 1.807) is 17.5 Å². The highest BCUT2D eigenvalue weighted by molar-refractivity contribution is 7.22. The Balaban J connectivity index is 2.20. The van der Waals surface area contributed by atoms with Crippen molar-refractivity contribution in [3.63, 3.8) is 0 Å². The molecule has 3 aromatic rings. The third-order valence-corrected chi connectivity index (χ3v) is 3.49. The second-order valence-corrected chi connectivity index (χ2v) is 4.44. The molecule has 0 saturated heterocycles. The van der Waals surface area contributed by atoms with E-state index >= 15 is 0 Å². The third kappa shape index (κ3) is 1.73. The lowest BCUT2D eigenvalue weighted by atomic mass is 10.2. The summed E-state index contributed by atoms with van der Waals surface area (Å²) in [4.78, 5) is 4.51. The van der Waals surface area contributed by atoms with Gasteiger partial charge in [0, 0.05) is 5.56 Å². The number of nitrogens with two attached hydrogens (primary N) is 1. The monoisotopic (exact) mass is 243 g/mol. The van der Waals surface area contributed by atoms with E-state index in [2.05, 4.69) is 20.6 Å². The van der Waals surface area contributed by atoms with Gasteiger partial charge < -0.3 is 5.43 Å². The van der Waals surface area contributed by atoms with Crippen LogP contribution in [0.2, 0.25) is 0 Å². The van der Waals surface area contributed by atoms with Gasteiger partial charge in [-0.15, -0.1) is 16.4 Å². The van der Waals surface area contributed by atoms with Crippen LogP contribution in [0.3, 0.4) is 0 Å². The van der Waals surface area contributed by atoms with Crippen LogP contribution in [0.4, 0.5) is 5.82 Å². The van der Waals surface area contributed by atoms with Crippen molar-refractivity contribution in [2.24, 2.45) is 5.84 Å². The van der Waals surface area contributed by atoms with Crippen LogP contribution in [0.25, 0.3) is 20.8 Å². The van der Waals surface area contributed by atoms with Gasteiger partial charge in [0.25, 0.3) is 0 Å². The largest absolute Gasteiger partial charge is 0.306 e. The molecule has 6 heteroatoms. The summed E-state index contributed by atoms with van der Waals surface area (Å²) in [5.74, 6) is 5.95. The molecular weight excluding hydrogens is 234 g/mol. The summed E-state index contributed by atoms with van der Waals surface area (Å²) in [6.07, 6.45) is 1.64. The van der Waals surface area contributed by atoms with Crippen LogP contribution in [0.15, 0.2) is 36.5 Å². The number of hydrogen-bond donors (Lipinski definition) is 2. The molecule has 1 aromatic carbocycles. The first-order chi connectivity index (χ1) is 8.38. The Bertz CT molecular complexity index is 649. The zero-order valence-electron chi connectivity index (χ0n) is 8.79. The molecule has 0 amide bonds. The van der Waals surface area contributed by atoms with Crippen LogP contribution in [0, 0.1) is 0 Å². The molecule has 0 aliphatic rings. The number of nitrogens with one attached hydrogen (secondary N) is 1. The molecule has 0 saturated carbocycles. The molecule has 3 N–H and O–H groups in total. The summed E-state index contributed by atoms with van der Waals surface area (Å²) >= 11 is 1.55. The number of nitrogens with zero attached hydrogens (tertiary/aromatic N) is 3. The second kappa shape index (κ2) is 4.08. The van der Waals surface area contributed by atoms with Crippen molar-refractivity contribution in [2.45, 2.75) is 0 Å². The summed E-state index contributed by atoms with van der Waals surface area (Å²) in [6.45, 7) is 0. The predicted molar refractivity (Wildman–Crippen MR) is 68.5 cm³/mol. The first-order valence-corrected chi connectivity index (χ1v) is 5.84. The molecule has 0 aliphatic carbocycles. The van der Waals surface area contributed by atoms with Crippen LogP contribution in [0.5, 0.6) is 0 Å². The third-order valence-electron chi connectivity index (χ3n) is 2.36. The molecule has 0 radical (unpaired) electrons. The average Bonchev–Trinajstić information content (AvgIpc) is 2.83. The van der Waals surface area contributed by atoms with E-state index in [-0.39, 0.29) is 0 Å². The van der Waals surface area contributed by atoms with E-state index in [1.165, 1.54) is 0 Å². The number of aromatic nitrogens is 3. The smallest absolute Gasteiger partial charge is 0.182 e. The van der Waals surface area contributed by atoms with Crippen LogP contribution < -0.4 is 11.3 Å². The van der Waals surface area contributed by atoms with Crippen molar-refractivity contribution in [3.8, 4) is 10.6 Å². The second-order valence-electron chi connectivity index (χ2n) is 3.44. The van der Waals surface area contributed by atoms with E-state index in [0.717, 1.165) is 20.8 Å². The quantitative estimate of drug-likeness (QED) is 0.532. The fourth-order valence-electron chi connectivity index (χ4n) is 1.57. The highest BCUT2D eigenvalue weighted by atomic mass is 32.1. The van der Waals surface area contributed by atoms with Gasteiger partial charge in [-0.1, -0.05) is 30.3 Å². The summed E-state index contributed by atoms with van der Waals surface area (Å²) in [7, 11) is 0. The molecular formula is C11H9N5S. The molecule has 2 heterocycles. The Morgan fingerprint density at radius 3 is 2.76 bits per heavy atom. The van der Waals surface area contributed by atoms with Crippen molar-refractivity contribution >= 4 is 27.4 Å². The molecule has 0 spiro atoms. The van der Waals surface area contributed by atoms with Crippen LogP contribution in [0.1, 0.15) is 0 Å². The zero-order chi connectivity index (χ0) is 11.7. The maximum absolute atomic E-state index is 5.39. The van der Waals surface area contributed by atoms with Gasteiger partial charge in [0.05, 0.1) is 6.20 Å². The fourth-order valence-corrected chi connectivity index (χ4v) is 2.57. The number of benzene rings is 1. The highest BCUT2D eigenvalue weighted by Gasteiger charge is 2.10. The number of nitrogen functional groups attached to an aromatic ring is 1. The van der Waals surface area contributed by atoms with Gasteiger partial charge in [0.15, 0.2) is 5.82 Å². The molecule has 3 rings (SSSR count). The molecule has 17 heavy (non-hydrogen) atoms. The molecule has 0 aliphatic heterocycles. The predicted octanol–water partition coefficient (Wildman–Crippen LogP) is 2.04. The summed E-state index contributed by atoms with van der Waals surface area (Å²) in [6, 6.07) is 10.00. The number of thiazole rings is 1. The minimum Gasteiger partial charge on any atom is -0.306 e. The zero-order valence-corrected chi connectivity index (χ0v) is 9.61. The lowest BCUT2D eigenvalue weighted by Gasteiger charge is -1.95. The van der Waals surface area contributed by atoms with Gasteiger partial charge in [0.2, 0.25) is 0 Å². The topological polar surface area (TPSA) is 76.7 Å². The number of hydrogen-bond acceptors (Lipinski definition) is 6. The summed E-state index contributed by atoms with van der Waals surface area (Å²) in [5.41, 5.74) is 4.41. The van der Waals surface area contributed by atoms with Crippen molar-refractivity contribution in [1.29, 1.82) is 0 Å². The molecule has 0 atom stereocenters. The number of rotatable bonds is 2. The van der Waals surface area contributed by atoms with Crippen LogP contribution in [-0.2, 0) is 0 Å². The molecule has 0 unspecified atom stereocenters. The Labute approximate surface area is 101 Å². The first-order valence-electron chi connectivity index (χ1n) is 5.03. The Morgan fingerprint density at radius 2 is 2.00 bits per heavy atom. The van der Waals surface area contributed by atoms with Gasteiger partial charge in [-0.05, 0) is 0 Å². The summed E-state index contributed by atoms with van der Waals surface area (Å²) < 4.78 is 0.918. The van der Waals surface area contributed by atoms with E-state index in [4.69, 9.17) is 5.84 Å². The Hall–Kier alpha value is -2.05. The SMILES string of the molecule is NNc1nncc2nc(-c3ccccc3)sc12. The fraction of sp³-hybridized carbons (Fsp3) is 0. The Morgan fingerprint density at radius 1 is 1.18 bits per heavy atom. The number of fused-ring (bicyclic) bond motifs is 1. The maximum Gasteiger partial charge on any atom is 0.182 e. The number of hydrazine groups is 1. The van der Waals surface area contributed by atoms with Gasteiger partial charge in [-0.25, -0.2) is 10.8 Å². The van der Waals surface area contributed by atoms with E-state index in [1.807, 2.05) is 30.3 Å². The average molecular weight is 243 g/mol. The van der Waals surface area contributed by atoms with Crippen molar-refractivity contribution in [2.75, 3.05) is 5.43 Å². The van der Waals surface area contributed by atoms with Gasteiger partial charge >= 0.3 is 0 Å². The lowest BCUT2D eigenvalue weighted by molar-refractivity contribution is 1.04. The molecule has 0 bridgehead atoms. The molecule has 0 fully saturated rings. The molecule has 84 valence electrons. The number of anilines is 1. The lowest BCUT2D eigenvalue weighted by Crippen LogP contribution is -2.08. The van der Waals surface area contributed by atoms with E-state index < -0.39 is 0 Å². The van der Waals surface area contributed by atoms with Gasteiger partial charge in [-0.2, -0.15) is 5.10 Å². The maximum atomic E-state index is 5.39. The minimum atomic E-state index is 0.558. The van der Waals surface area contributed by atoms with E-state index in [0.29, 0.717) is 5.82 Å². The van der Waals surface area contributed by atoms with Gasteiger partial charge in [-0.3, -0.25) is 0 Å². The molecule has 2 aromatic heterocycles. The minimum absolute atomic E-state index is 0.558. The van der Waals surface area contributed by atoms with Gasteiger partial charge in [0.1, 0.15) is 15.2 Å². The standard InChI is InChI=1S/C11H9N5S/c12-15-10-9-8(6-13-16-10)14-11(17-9)7-4-2-1-3-5-7/h1-6H,12H2,(H,15,16). The molecule has 5 nitrogen and oxygen atoms in total. The van der Waals surface area contributed by atoms with Crippen LogP contribution in [-0.4, -0.2) is 15.2 Å². The normalized spacial score (nSPS) is 10.6. The van der Waals surface area contributed by atoms with E-state index in [9.17, 15) is 0 Å². The van der Waals surface area contributed by atoms with Crippen LogP contribution >= 0.6 is 11.3 Å². The highest BCUT2D eigenvalue weighted by Crippen LogP contribution is 2.32. The Kier molecular flexibility index (Phi) is 2.43. The van der Waals surface area contributed by atoms with Crippen molar-refractivity contribution < 1.29 is 0 Å². The van der Waals surface area contributed by atoms with Crippen molar-refractivity contribution in [1.82, 2.24) is 15.2 Å². The summed E-state index contributed by atoms with van der Waals surface area (Å²) in [5, 5.41) is 8.70. The first kappa shape index (κ1) is 10.1. The van der Waals surface area contributed by atoms with Crippen molar-refractivity contribution in [3.05, 3.63) is 36.5 Å².